The molecule has 2 atom stereocenters. The lowest BCUT2D eigenvalue weighted by Gasteiger charge is -2.15. The first-order valence-electron chi connectivity index (χ1n) is 5.62. The summed E-state index contributed by atoms with van der Waals surface area (Å²) in [5.74, 6) is -1.14. The number of methoxy groups -OCH3 is 1. The summed E-state index contributed by atoms with van der Waals surface area (Å²) in [5, 5.41) is 11.2. The number of carboxylic acid groups (broad SMARTS) is 1. The Hall–Kier alpha value is -2.04. The summed E-state index contributed by atoms with van der Waals surface area (Å²) < 4.78 is 5.08. The number of carboxylic acids is 1. The number of aliphatic carboxylic acids is 1. The molecular weight excluding hydrogens is 234 g/mol. The van der Waals surface area contributed by atoms with Crippen LogP contribution in [0.4, 0.5) is 0 Å². The molecule has 0 aliphatic carbocycles. The quantitative estimate of drug-likeness (QED) is 0.829. The van der Waals surface area contributed by atoms with Gasteiger partial charge < -0.3 is 15.2 Å². The molecule has 2 N–H and O–H groups in total. The molecule has 0 saturated carbocycles. The van der Waals surface area contributed by atoms with E-state index in [4.69, 9.17) is 9.84 Å². The van der Waals surface area contributed by atoms with Crippen LogP contribution in [0.2, 0.25) is 0 Å². The number of hydrogen-bond acceptors (Lipinski definition) is 3. The Morgan fingerprint density at radius 1 is 1.33 bits per heavy atom. The lowest BCUT2D eigenvalue weighted by atomic mass is 10.00. The fourth-order valence-electron chi connectivity index (χ4n) is 1.46. The van der Waals surface area contributed by atoms with Crippen molar-refractivity contribution in [2.45, 2.75) is 25.8 Å². The molecule has 5 nitrogen and oxygen atoms in total. The van der Waals surface area contributed by atoms with Crippen LogP contribution in [0.15, 0.2) is 24.3 Å². The standard InChI is InChI=1S/C13H17NO4/c1-8(12(15)14-9(2)13(16)17)10-5-4-6-11(7-10)18-3/h4-9H,1-3H3,(H,14,15)(H,16,17)/t8?,9-/m0/s1. The monoisotopic (exact) mass is 251 g/mol. The molecule has 98 valence electrons. The predicted octanol–water partition coefficient (Wildman–Crippen LogP) is 1.39. The molecule has 0 aliphatic heterocycles. The summed E-state index contributed by atoms with van der Waals surface area (Å²) in [7, 11) is 1.55. The van der Waals surface area contributed by atoms with E-state index in [0.717, 1.165) is 5.56 Å². The van der Waals surface area contributed by atoms with Gasteiger partial charge in [-0.2, -0.15) is 0 Å². The van der Waals surface area contributed by atoms with E-state index in [-0.39, 0.29) is 5.91 Å². The summed E-state index contributed by atoms with van der Waals surface area (Å²) in [6.45, 7) is 3.15. The van der Waals surface area contributed by atoms with Crippen LogP contribution in [-0.4, -0.2) is 30.1 Å². The first-order chi connectivity index (χ1) is 8.45. The van der Waals surface area contributed by atoms with Gasteiger partial charge in [0.2, 0.25) is 5.91 Å². The number of ether oxygens (including phenoxy) is 1. The highest BCUT2D eigenvalue weighted by atomic mass is 16.5. The number of hydrogen-bond donors (Lipinski definition) is 2. The van der Waals surface area contributed by atoms with Gasteiger partial charge in [-0.05, 0) is 31.5 Å². The number of amides is 1. The molecule has 0 heterocycles. The average molecular weight is 251 g/mol. The van der Waals surface area contributed by atoms with Gasteiger partial charge >= 0.3 is 5.97 Å². The van der Waals surface area contributed by atoms with Crippen molar-refractivity contribution >= 4 is 11.9 Å². The highest BCUT2D eigenvalue weighted by Crippen LogP contribution is 2.20. The van der Waals surface area contributed by atoms with Gasteiger partial charge in [0.25, 0.3) is 0 Å². The van der Waals surface area contributed by atoms with Gasteiger partial charge in [-0.3, -0.25) is 9.59 Å². The Balaban J connectivity index is 2.76. The Morgan fingerprint density at radius 2 is 2.00 bits per heavy atom. The van der Waals surface area contributed by atoms with E-state index < -0.39 is 17.9 Å². The van der Waals surface area contributed by atoms with Crippen molar-refractivity contribution in [3.05, 3.63) is 29.8 Å². The highest BCUT2D eigenvalue weighted by molar-refractivity contribution is 5.87. The Bertz CT molecular complexity index is 444. The largest absolute Gasteiger partial charge is 0.497 e. The Kier molecular flexibility index (Phi) is 4.71. The van der Waals surface area contributed by atoms with Gasteiger partial charge in [0, 0.05) is 0 Å². The zero-order valence-corrected chi connectivity index (χ0v) is 10.6. The van der Waals surface area contributed by atoms with E-state index in [1.54, 1.807) is 38.3 Å². The van der Waals surface area contributed by atoms with Crippen LogP contribution in [0.1, 0.15) is 25.3 Å². The topological polar surface area (TPSA) is 75.6 Å². The van der Waals surface area contributed by atoms with Crippen LogP contribution in [0, 0.1) is 0 Å². The molecule has 1 rings (SSSR count). The minimum Gasteiger partial charge on any atom is -0.497 e. The van der Waals surface area contributed by atoms with E-state index in [0.29, 0.717) is 5.75 Å². The van der Waals surface area contributed by atoms with Gasteiger partial charge in [0.1, 0.15) is 11.8 Å². The van der Waals surface area contributed by atoms with Gasteiger partial charge in [0.15, 0.2) is 0 Å². The molecule has 0 saturated heterocycles. The summed E-state index contributed by atoms with van der Waals surface area (Å²) >= 11 is 0. The lowest BCUT2D eigenvalue weighted by molar-refractivity contribution is -0.141. The third-order valence-corrected chi connectivity index (χ3v) is 2.72. The molecule has 0 spiro atoms. The van der Waals surface area contributed by atoms with Crippen molar-refractivity contribution in [2.75, 3.05) is 7.11 Å². The van der Waals surface area contributed by atoms with Gasteiger partial charge in [-0.25, -0.2) is 0 Å². The molecule has 0 fully saturated rings. The van der Waals surface area contributed by atoms with Crippen molar-refractivity contribution in [3.8, 4) is 5.75 Å². The number of carbonyl (C=O) groups is 2. The molecule has 1 unspecified atom stereocenters. The minimum atomic E-state index is -1.05. The van der Waals surface area contributed by atoms with Crippen LogP contribution < -0.4 is 10.1 Å². The zero-order chi connectivity index (χ0) is 13.7. The lowest BCUT2D eigenvalue weighted by Crippen LogP contribution is -2.40. The van der Waals surface area contributed by atoms with Crippen LogP contribution >= 0.6 is 0 Å². The average Bonchev–Trinajstić information content (AvgIpc) is 2.37. The summed E-state index contributed by atoms with van der Waals surface area (Å²) in [6.07, 6.45) is 0. The third kappa shape index (κ3) is 3.48. The van der Waals surface area contributed by atoms with Crippen molar-refractivity contribution in [1.82, 2.24) is 5.32 Å². The van der Waals surface area contributed by atoms with Crippen molar-refractivity contribution in [1.29, 1.82) is 0 Å². The van der Waals surface area contributed by atoms with Crippen LogP contribution in [0.5, 0.6) is 5.75 Å². The van der Waals surface area contributed by atoms with Crippen LogP contribution in [0.25, 0.3) is 0 Å². The fraction of sp³-hybridized carbons (Fsp3) is 0.385. The van der Waals surface area contributed by atoms with E-state index in [1.807, 2.05) is 0 Å². The number of benzene rings is 1. The maximum atomic E-state index is 11.8. The second-order valence-electron chi connectivity index (χ2n) is 4.07. The van der Waals surface area contributed by atoms with Gasteiger partial charge in [-0.15, -0.1) is 0 Å². The van der Waals surface area contributed by atoms with E-state index in [1.165, 1.54) is 6.92 Å². The summed E-state index contributed by atoms with van der Waals surface area (Å²) in [5.41, 5.74) is 0.782. The fourth-order valence-corrected chi connectivity index (χ4v) is 1.46. The maximum Gasteiger partial charge on any atom is 0.325 e. The normalized spacial score (nSPS) is 13.5. The molecule has 1 aromatic rings. The molecular formula is C13H17NO4. The molecule has 0 aromatic heterocycles. The second-order valence-corrected chi connectivity index (χ2v) is 4.07. The van der Waals surface area contributed by atoms with E-state index >= 15 is 0 Å². The van der Waals surface area contributed by atoms with Crippen molar-refractivity contribution in [2.24, 2.45) is 0 Å². The molecule has 0 bridgehead atoms. The van der Waals surface area contributed by atoms with Gasteiger partial charge in [-0.1, -0.05) is 12.1 Å². The molecule has 1 amide bonds. The predicted molar refractivity (Wildman–Crippen MR) is 66.6 cm³/mol. The molecule has 0 aliphatic rings. The first kappa shape index (κ1) is 14.0. The highest BCUT2D eigenvalue weighted by Gasteiger charge is 2.20. The Morgan fingerprint density at radius 3 is 2.56 bits per heavy atom. The van der Waals surface area contributed by atoms with E-state index in [2.05, 4.69) is 5.32 Å². The molecule has 5 heteroatoms. The molecule has 0 radical (unpaired) electrons. The summed E-state index contributed by atoms with van der Waals surface area (Å²) in [6, 6.07) is 6.24. The smallest absolute Gasteiger partial charge is 0.325 e. The van der Waals surface area contributed by atoms with Crippen LogP contribution in [0.3, 0.4) is 0 Å². The van der Waals surface area contributed by atoms with E-state index in [9.17, 15) is 9.59 Å². The SMILES string of the molecule is COc1cccc(C(C)C(=O)N[C@@H](C)C(=O)O)c1. The molecule has 18 heavy (non-hydrogen) atoms. The van der Waals surface area contributed by atoms with Gasteiger partial charge in [0.05, 0.1) is 13.0 Å². The van der Waals surface area contributed by atoms with Crippen LogP contribution in [-0.2, 0) is 9.59 Å². The van der Waals surface area contributed by atoms with Crippen molar-refractivity contribution < 1.29 is 19.4 Å². The molecule has 1 aromatic carbocycles. The Labute approximate surface area is 106 Å². The first-order valence-corrected chi connectivity index (χ1v) is 5.62. The summed E-state index contributed by atoms with van der Waals surface area (Å²) in [4.78, 5) is 22.5. The third-order valence-electron chi connectivity index (χ3n) is 2.72. The maximum absolute atomic E-state index is 11.8. The van der Waals surface area contributed by atoms with Crippen molar-refractivity contribution in [3.63, 3.8) is 0 Å². The second kappa shape index (κ2) is 6.05. The number of nitrogens with one attached hydrogen (secondary N) is 1. The number of carbonyl (C=O) groups excluding carboxylic acids is 1. The minimum absolute atomic E-state index is 0.321. The zero-order valence-electron chi connectivity index (χ0n) is 10.6. The number of rotatable bonds is 5.